The van der Waals surface area contributed by atoms with Gasteiger partial charge in [-0.05, 0) is 19.4 Å². The van der Waals surface area contributed by atoms with Gasteiger partial charge >= 0.3 is 0 Å². The predicted octanol–water partition coefficient (Wildman–Crippen LogP) is 0.958. The molecule has 0 aromatic carbocycles. The van der Waals surface area contributed by atoms with Crippen molar-refractivity contribution in [2.75, 3.05) is 7.05 Å². The number of aryl methyl sites for hydroxylation is 1. The summed E-state index contributed by atoms with van der Waals surface area (Å²) in [5.74, 6) is -0.107. The highest BCUT2D eigenvalue weighted by Gasteiger charge is 2.19. The van der Waals surface area contributed by atoms with Gasteiger partial charge in [-0.2, -0.15) is 5.10 Å². The van der Waals surface area contributed by atoms with Crippen LogP contribution in [0.15, 0.2) is 6.07 Å². The standard InChI is InChI=1S/C9H15N3O/c1-4-7(9(13)10-3)8-5-6(2)11-12-8/h5,7H,4H2,1-3H3,(H,10,13)(H,11,12). The van der Waals surface area contributed by atoms with Crippen LogP contribution in [0, 0.1) is 6.92 Å². The van der Waals surface area contributed by atoms with Crippen LogP contribution in [0.2, 0.25) is 0 Å². The summed E-state index contributed by atoms with van der Waals surface area (Å²) in [4.78, 5) is 11.4. The van der Waals surface area contributed by atoms with Crippen LogP contribution in [-0.4, -0.2) is 23.2 Å². The summed E-state index contributed by atoms with van der Waals surface area (Å²) in [5.41, 5.74) is 1.80. The molecule has 1 unspecified atom stereocenters. The van der Waals surface area contributed by atoms with Crippen molar-refractivity contribution >= 4 is 5.91 Å². The van der Waals surface area contributed by atoms with Crippen molar-refractivity contribution in [1.82, 2.24) is 15.5 Å². The second-order valence-corrected chi connectivity index (χ2v) is 3.05. The fraction of sp³-hybridized carbons (Fsp3) is 0.556. The highest BCUT2D eigenvalue weighted by atomic mass is 16.1. The van der Waals surface area contributed by atoms with Gasteiger partial charge in [0.15, 0.2) is 0 Å². The van der Waals surface area contributed by atoms with Gasteiger partial charge in [-0.25, -0.2) is 0 Å². The maximum atomic E-state index is 11.4. The summed E-state index contributed by atoms with van der Waals surface area (Å²) in [6, 6.07) is 1.91. The summed E-state index contributed by atoms with van der Waals surface area (Å²) in [6.45, 7) is 3.90. The van der Waals surface area contributed by atoms with Gasteiger partial charge in [0.2, 0.25) is 5.91 Å². The van der Waals surface area contributed by atoms with Crippen LogP contribution in [-0.2, 0) is 4.79 Å². The molecule has 0 saturated carbocycles. The van der Waals surface area contributed by atoms with E-state index in [1.165, 1.54) is 0 Å². The zero-order valence-corrected chi connectivity index (χ0v) is 8.22. The van der Waals surface area contributed by atoms with Crippen molar-refractivity contribution in [3.63, 3.8) is 0 Å². The number of hydrogen-bond acceptors (Lipinski definition) is 2. The summed E-state index contributed by atoms with van der Waals surface area (Å²) in [5, 5.41) is 9.53. The van der Waals surface area contributed by atoms with E-state index in [1.54, 1.807) is 7.05 Å². The lowest BCUT2D eigenvalue weighted by atomic mass is 10.0. The quantitative estimate of drug-likeness (QED) is 0.729. The van der Waals surface area contributed by atoms with Crippen molar-refractivity contribution in [1.29, 1.82) is 0 Å². The average Bonchev–Trinajstić information content (AvgIpc) is 2.53. The number of rotatable bonds is 3. The molecule has 0 aliphatic rings. The maximum absolute atomic E-state index is 11.4. The summed E-state index contributed by atoms with van der Waals surface area (Å²) >= 11 is 0. The van der Waals surface area contributed by atoms with Crippen LogP contribution in [0.4, 0.5) is 0 Å². The number of nitrogens with one attached hydrogen (secondary N) is 2. The van der Waals surface area contributed by atoms with Crippen LogP contribution in [0.1, 0.15) is 30.7 Å². The molecule has 0 saturated heterocycles. The molecular weight excluding hydrogens is 166 g/mol. The number of amides is 1. The van der Waals surface area contributed by atoms with Gasteiger partial charge < -0.3 is 5.32 Å². The van der Waals surface area contributed by atoms with Gasteiger partial charge in [-0.1, -0.05) is 6.92 Å². The minimum atomic E-state index is -0.130. The van der Waals surface area contributed by atoms with E-state index in [2.05, 4.69) is 15.5 Å². The molecule has 1 rings (SSSR count). The Hall–Kier alpha value is -1.32. The first kappa shape index (κ1) is 9.77. The van der Waals surface area contributed by atoms with E-state index in [0.717, 1.165) is 17.8 Å². The summed E-state index contributed by atoms with van der Waals surface area (Å²) in [6.07, 6.45) is 0.768. The Balaban J connectivity index is 2.84. The molecule has 0 bridgehead atoms. The maximum Gasteiger partial charge on any atom is 0.228 e. The van der Waals surface area contributed by atoms with E-state index in [4.69, 9.17) is 0 Å². The van der Waals surface area contributed by atoms with E-state index in [1.807, 2.05) is 19.9 Å². The Morgan fingerprint density at radius 1 is 1.77 bits per heavy atom. The summed E-state index contributed by atoms with van der Waals surface area (Å²) in [7, 11) is 1.64. The Morgan fingerprint density at radius 3 is 2.85 bits per heavy atom. The van der Waals surface area contributed by atoms with Crippen molar-refractivity contribution in [2.24, 2.45) is 0 Å². The number of likely N-dealkylation sites (N-methyl/N-ethyl adjacent to an activating group) is 1. The Bertz CT molecular complexity index is 293. The van der Waals surface area contributed by atoms with E-state index < -0.39 is 0 Å². The second kappa shape index (κ2) is 4.07. The smallest absolute Gasteiger partial charge is 0.228 e. The van der Waals surface area contributed by atoms with Gasteiger partial charge in [0, 0.05) is 12.7 Å². The SMILES string of the molecule is CCC(C(=O)NC)c1cc(C)[nH]n1. The molecule has 1 aromatic heterocycles. The number of carbonyl (C=O) groups is 1. The molecule has 0 radical (unpaired) electrons. The minimum Gasteiger partial charge on any atom is -0.359 e. The molecular formula is C9H15N3O. The fourth-order valence-electron chi connectivity index (χ4n) is 1.32. The van der Waals surface area contributed by atoms with Crippen LogP contribution in [0.3, 0.4) is 0 Å². The molecule has 1 atom stereocenters. The number of carbonyl (C=O) groups excluding carboxylic acids is 1. The fourth-order valence-corrected chi connectivity index (χ4v) is 1.32. The van der Waals surface area contributed by atoms with E-state index in [-0.39, 0.29) is 11.8 Å². The highest BCUT2D eigenvalue weighted by Crippen LogP contribution is 2.17. The number of aromatic nitrogens is 2. The molecule has 0 fully saturated rings. The molecule has 1 heterocycles. The zero-order valence-electron chi connectivity index (χ0n) is 8.22. The van der Waals surface area contributed by atoms with Crippen molar-refractivity contribution < 1.29 is 4.79 Å². The van der Waals surface area contributed by atoms with Gasteiger partial charge in [0.25, 0.3) is 0 Å². The molecule has 72 valence electrons. The van der Waals surface area contributed by atoms with E-state index in [0.29, 0.717) is 0 Å². The van der Waals surface area contributed by atoms with Crippen LogP contribution in [0.5, 0.6) is 0 Å². The van der Waals surface area contributed by atoms with Crippen molar-refractivity contribution in [3.05, 3.63) is 17.5 Å². The molecule has 4 heteroatoms. The van der Waals surface area contributed by atoms with Crippen LogP contribution in [0.25, 0.3) is 0 Å². The van der Waals surface area contributed by atoms with Crippen molar-refractivity contribution in [2.45, 2.75) is 26.2 Å². The monoisotopic (exact) mass is 181 g/mol. The first-order valence-electron chi connectivity index (χ1n) is 4.42. The normalized spacial score (nSPS) is 12.5. The Labute approximate surface area is 77.7 Å². The minimum absolute atomic E-state index is 0.0222. The zero-order chi connectivity index (χ0) is 9.84. The molecule has 1 amide bonds. The van der Waals surface area contributed by atoms with Gasteiger partial charge in [0.1, 0.15) is 0 Å². The number of nitrogens with zero attached hydrogens (tertiary/aromatic N) is 1. The molecule has 4 nitrogen and oxygen atoms in total. The largest absolute Gasteiger partial charge is 0.359 e. The first-order valence-corrected chi connectivity index (χ1v) is 4.42. The second-order valence-electron chi connectivity index (χ2n) is 3.05. The molecule has 0 aliphatic carbocycles. The number of hydrogen-bond donors (Lipinski definition) is 2. The predicted molar refractivity (Wildman–Crippen MR) is 50.4 cm³/mol. The lowest BCUT2D eigenvalue weighted by Gasteiger charge is -2.09. The summed E-state index contributed by atoms with van der Waals surface area (Å²) < 4.78 is 0. The van der Waals surface area contributed by atoms with Gasteiger partial charge in [0.05, 0.1) is 11.6 Å². The van der Waals surface area contributed by atoms with Gasteiger partial charge in [-0.3, -0.25) is 9.89 Å². The molecule has 2 N–H and O–H groups in total. The van der Waals surface area contributed by atoms with Gasteiger partial charge in [-0.15, -0.1) is 0 Å². The van der Waals surface area contributed by atoms with Crippen LogP contribution < -0.4 is 5.32 Å². The van der Waals surface area contributed by atoms with E-state index in [9.17, 15) is 4.79 Å². The highest BCUT2D eigenvalue weighted by molar-refractivity contribution is 5.82. The number of aromatic amines is 1. The topological polar surface area (TPSA) is 57.8 Å². The van der Waals surface area contributed by atoms with Crippen molar-refractivity contribution in [3.8, 4) is 0 Å². The number of H-pyrrole nitrogens is 1. The third-order valence-electron chi connectivity index (χ3n) is 2.05. The third kappa shape index (κ3) is 2.08. The lowest BCUT2D eigenvalue weighted by molar-refractivity contribution is -0.122. The molecule has 13 heavy (non-hydrogen) atoms. The third-order valence-corrected chi connectivity index (χ3v) is 2.05. The Kier molecular flexibility index (Phi) is 3.06. The Morgan fingerprint density at radius 2 is 2.46 bits per heavy atom. The molecule has 0 aliphatic heterocycles. The average molecular weight is 181 g/mol. The molecule has 0 spiro atoms. The lowest BCUT2D eigenvalue weighted by Crippen LogP contribution is -2.25. The van der Waals surface area contributed by atoms with Crippen LogP contribution >= 0.6 is 0 Å². The van der Waals surface area contributed by atoms with E-state index >= 15 is 0 Å². The molecule has 1 aromatic rings. The first-order chi connectivity index (χ1) is 6.19.